The first-order valence-electron chi connectivity index (χ1n) is 10.1. The minimum Gasteiger partial charge on any atom is -0.495 e. The van der Waals surface area contributed by atoms with Gasteiger partial charge in [0, 0.05) is 36.2 Å². The third-order valence-corrected chi connectivity index (χ3v) is 5.07. The fourth-order valence-corrected chi connectivity index (χ4v) is 3.61. The van der Waals surface area contributed by atoms with Crippen LogP contribution in [0.2, 0.25) is 0 Å². The van der Waals surface area contributed by atoms with E-state index in [0.29, 0.717) is 5.95 Å². The molecule has 2 N–H and O–H groups in total. The maximum atomic E-state index is 5.40. The van der Waals surface area contributed by atoms with Gasteiger partial charge in [0.1, 0.15) is 11.6 Å². The number of ether oxygens (including phenoxy) is 1. The molecule has 150 valence electrons. The van der Waals surface area contributed by atoms with Crippen LogP contribution < -0.4 is 20.3 Å². The lowest BCUT2D eigenvalue weighted by Gasteiger charge is -2.28. The van der Waals surface area contributed by atoms with Crippen molar-refractivity contribution in [1.29, 1.82) is 0 Å². The number of methoxy groups -OCH3 is 1. The maximum absolute atomic E-state index is 5.40. The second-order valence-electron chi connectivity index (χ2n) is 7.26. The Balaban J connectivity index is 1.49. The van der Waals surface area contributed by atoms with Crippen molar-refractivity contribution in [3.8, 4) is 5.75 Å². The Hall–Kier alpha value is -3.28. The van der Waals surface area contributed by atoms with E-state index in [-0.39, 0.29) is 0 Å². The monoisotopic (exact) mass is 389 g/mol. The molecule has 0 unspecified atom stereocenters. The molecule has 3 aromatic rings. The fraction of sp³-hybridized carbons (Fsp3) is 0.304. The summed E-state index contributed by atoms with van der Waals surface area (Å²) in [5.41, 5.74) is 4.00. The number of para-hydroxylation sites is 2. The molecule has 0 amide bonds. The van der Waals surface area contributed by atoms with Crippen LogP contribution in [0.5, 0.6) is 5.75 Å². The second-order valence-corrected chi connectivity index (χ2v) is 7.26. The van der Waals surface area contributed by atoms with E-state index in [9.17, 15) is 0 Å². The third-order valence-electron chi connectivity index (χ3n) is 5.07. The van der Waals surface area contributed by atoms with Gasteiger partial charge in [0.15, 0.2) is 0 Å². The Bertz CT molecular complexity index is 952. The molecule has 1 aromatic heterocycles. The normalized spacial score (nSPS) is 13.8. The Morgan fingerprint density at radius 1 is 0.897 bits per heavy atom. The standard InChI is InChI=1S/C23H27N5O/c1-17-16-22(27-23(24-17)26-20-8-4-5-9-21(20)29-2)25-18-10-12-19(13-11-18)28-14-6-3-7-15-28/h4-5,8-13,16H,3,6-7,14-15H2,1-2H3,(H2,24,25,26,27). The molecule has 6 nitrogen and oxygen atoms in total. The van der Waals surface area contributed by atoms with Crippen LogP contribution in [0.1, 0.15) is 25.0 Å². The van der Waals surface area contributed by atoms with Gasteiger partial charge in [0.2, 0.25) is 5.95 Å². The minimum atomic E-state index is 0.530. The van der Waals surface area contributed by atoms with Crippen molar-refractivity contribution >= 4 is 28.8 Å². The van der Waals surface area contributed by atoms with Crippen LogP contribution in [0.3, 0.4) is 0 Å². The number of hydrogen-bond acceptors (Lipinski definition) is 6. The largest absolute Gasteiger partial charge is 0.495 e. The van der Waals surface area contributed by atoms with E-state index in [1.807, 2.05) is 37.3 Å². The zero-order chi connectivity index (χ0) is 20.1. The first-order chi connectivity index (χ1) is 14.2. The Labute approximate surface area is 172 Å². The van der Waals surface area contributed by atoms with Gasteiger partial charge in [-0.2, -0.15) is 4.98 Å². The summed E-state index contributed by atoms with van der Waals surface area (Å²) < 4.78 is 5.40. The molecular weight excluding hydrogens is 362 g/mol. The van der Waals surface area contributed by atoms with Gasteiger partial charge in [-0.25, -0.2) is 4.98 Å². The van der Waals surface area contributed by atoms with Crippen LogP contribution in [0.15, 0.2) is 54.6 Å². The third kappa shape index (κ3) is 4.77. The van der Waals surface area contributed by atoms with Crippen molar-refractivity contribution in [3.05, 3.63) is 60.3 Å². The highest BCUT2D eigenvalue weighted by Crippen LogP contribution is 2.27. The molecular formula is C23H27N5O. The summed E-state index contributed by atoms with van der Waals surface area (Å²) >= 11 is 0. The molecule has 29 heavy (non-hydrogen) atoms. The van der Waals surface area contributed by atoms with Gasteiger partial charge in [0.05, 0.1) is 12.8 Å². The number of aryl methyl sites for hydroxylation is 1. The lowest BCUT2D eigenvalue weighted by atomic mass is 10.1. The maximum Gasteiger partial charge on any atom is 0.229 e. The van der Waals surface area contributed by atoms with Crippen LogP contribution in [0, 0.1) is 6.92 Å². The van der Waals surface area contributed by atoms with Crippen LogP contribution >= 0.6 is 0 Å². The molecule has 2 aromatic carbocycles. The summed E-state index contributed by atoms with van der Waals surface area (Å²) in [5, 5.41) is 6.64. The number of anilines is 5. The van der Waals surface area contributed by atoms with Gasteiger partial charge in [-0.3, -0.25) is 0 Å². The number of hydrogen-bond donors (Lipinski definition) is 2. The van der Waals surface area contributed by atoms with Crippen molar-refractivity contribution in [1.82, 2.24) is 9.97 Å². The summed E-state index contributed by atoms with van der Waals surface area (Å²) in [6, 6.07) is 18.2. The quantitative estimate of drug-likeness (QED) is 0.599. The predicted molar refractivity (Wildman–Crippen MR) is 119 cm³/mol. The molecule has 1 saturated heterocycles. The molecule has 0 bridgehead atoms. The Morgan fingerprint density at radius 2 is 1.66 bits per heavy atom. The molecule has 4 rings (SSSR count). The minimum absolute atomic E-state index is 0.530. The van der Waals surface area contributed by atoms with Crippen molar-refractivity contribution in [2.75, 3.05) is 35.7 Å². The van der Waals surface area contributed by atoms with Gasteiger partial charge >= 0.3 is 0 Å². The summed E-state index contributed by atoms with van der Waals surface area (Å²) in [7, 11) is 1.65. The van der Waals surface area contributed by atoms with E-state index in [4.69, 9.17) is 4.74 Å². The number of piperidine rings is 1. The van der Waals surface area contributed by atoms with Crippen LogP contribution in [-0.4, -0.2) is 30.2 Å². The SMILES string of the molecule is COc1ccccc1Nc1nc(C)cc(Nc2ccc(N3CCCCC3)cc2)n1. The smallest absolute Gasteiger partial charge is 0.229 e. The van der Waals surface area contributed by atoms with E-state index in [2.05, 4.69) is 49.8 Å². The predicted octanol–water partition coefficient (Wildman–Crippen LogP) is 5.27. The highest BCUT2D eigenvalue weighted by atomic mass is 16.5. The molecule has 6 heteroatoms. The highest BCUT2D eigenvalue weighted by molar-refractivity contribution is 5.65. The van der Waals surface area contributed by atoms with E-state index in [1.165, 1.54) is 24.9 Å². The fourth-order valence-electron chi connectivity index (χ4n) is 3.61. The number of benzene rings is 2. The first kappa shape index (κ1) is 19.1. The first-order valence-corrected chi connectivity index (χ1v) is 10.1. The lowest BCUT2D eigenvalue weighted by Crippen LogP contribution is -2.29. The summed E-state index contributed by atoms with van der Waals surface area (Å²) in [5.74, 6) is 2.03. The Morgan fingerprint density at radius 3 is 2.41 bits per heavy atom. The number of nitrogens with zero attached hydrogens (tertiary/aromatic N) is 3. The zero-order valence-corrected chi connectivity index (χ0v) is 17.0. The molecule has 1 aliphatic rings. The zero-order valence-electron chi connectivity index (χ0n) is 17.0. The van der Waals surface area contributed by atoms with Gasteiger partial charge in [-0.15, -0.1) is 0 Å². The van der Waals surface area contributed by atoms with Crippen molar-refractivity contribution < 1.29 is 4.74 Å². The number of aromatic nitrogens is 2. The van der Waals surface area contributed by atoms with Gasteiger partial charge < -0.3 is 20.3 Å². The molecule has 1 aliphatic heterocycles. The van der Waals surface area contributed by atoms with Gasteiger partial charge in [-0.1, -0.05) is 12.1 Å². The van der Waals surface area contributed by atoms with E-state index in [0.717, 1.165) is 41.7 Å². The number of nitrogens with one attached hydrogen (secondary N) is 2. The molecule has 0 saturated carbocycles. The molecule has 0 atom stereocenters. The van der Waals surface area contributed by atoms with Crippen molar-refractivity contribution in [3.63, 3.8) is 0 Å². The van der Waals surface area contributed by atoms with Gasteiger partial charge in [0.25, 0.3) is 0 Å². The van der Waals surface area contributed by atoms with Crippen molar-refractivity contribution in [2.45, 2.75) is 26.2 Å². The average molecular weight is 390 g/mol. The summed E-state index contributed by atoms with van der Waals surface area (Å²) in [6.07, 6.45) is 3.90. The lowest BCUT2D eigenvalue weighted by molar-refractivity contribution is 0.417. The molecule has 0 spiro atoms. The summed E-state index contributed by atoms with van der Waals surface area (Å²) in [4.78, 5) is 11.6. The molecule has 2 heterocycles. The molecule has 0 radical (unpaired) electrons. The van der Waals surface area contributed by atoms with Crippen LogP contribution in [-0.2, 0) is 0 Å². The van der Waals surface area contributed by atoms with Gasteiger partial charge in [-0.05, 0) is 62.6 Å². The molecule has 1 fully saturated rings. The highest BCUT2D eigenvalue weighted by Gasteiger charge is 2.11. The van der Waals surface area contributed by atoms with E-state index >= 15 is 0 Å². The second kappa shape index (κ2) is 8.82. The Kier molecular flexibility index (Phi) is 5.79. The van der Waals surface area contributed by atoms with E-state index in [1.54, 1.807) is 7.11 Å². The van der Waals surface area contributed by atoms with Crippen LogP contribution in [0.4, 0.5) is 28.8 Å². The average Bonchev–Trinajstić information content (AvgIpc) is 2.75. The number of rotatable bonds is 6. The van der Waals surface area contributed by atoms with E-state index < -0.39 is 0 Å². The van der Waals surface area contributed by atoms with Crippen molar-refractivity contribution in [2.24, 2.45) is 0 Å². The topological polar surface area (TPSA) is 62.3 Å². The van der Waals surface area contributed by atoms with Crippen LogP contribution in [0.25, 0.3) is 0 Å². The molecule has 0 aliphatic carbocycles. The summed E-state index contributed by atoms with van der Waals surface area (Å²) in [6.45, 7) is 4.26.